The van der Waals surface area contributed by atoms with Crippen molar-refractivity contribution in [3.05, 3.63) is 35.9 Å². The van der Waals surface area contributed by atoms with E-state index in [1.165, 1.54) is 5.56 Å². The van der Waals surface area contributed by atoms with Gasteiger partial charge in [-0.05, 0) is 30.7 Å². The van der Waals surface area contributed by atoms with E-state index in [1.807, 2.05) is 11.0 Å². The number of likely N-dealkylation sites (tertiary alicyclic amines) is 1. The average Bonchev–Trinajstić information content (AvgIpc) is 2.56. The molecular formula is C18H26N2O3. The molecule has 1 N–H and O–H groups in total. The molecule has 1 aliphatic rings. The highest BCUT2D eigenvalue weighted by Gasteiger charge is 2.24. The van der Waals surface area contributed by atoms with Gasteiger partial charge in [0.25, 0.3) is 0 Å². The minimum atomic E-state index is -0.224. The molecule has 0 unspecified atom stereocenters. The molecular weight excluding hydrogens is 292 g/mol. The maximum absolute atomic E-state index is 12.1. The molecule has 0 radical (unpaired) electrons. The van der Waals surface area contributed by atoms with Crippen LogP contribution in [0.4, 0.5) is 0 Å². The number of ether oxygens (including phenoxy) is 1. The number of carbonyl (C=O) groups is 2. The van der Waals surface area contributed by atoms with Crippen molar-refractivity contribution in [1.29, 1.82) is 0 Å². The van der Waals surface area contributed by atoms with Crippen LogP contribution in [0.3, 0.4) is 0 Å². The van der Waals surface area contributed by atoms with Crippen molar-refractivity contribution >= 4 is 11.8 Å². The van der Waals surface area contributed by atoms with Gasteiger partial charge in [0, 0.05) is 26.7 Å². The molecule has 1 aliphatic heterocycles. The number of carbonyl (C=O) groups excluding carboxylic acids is 2. The number of amides is 2. The van der Waals surface area contributed by atoms with Crippen molar-refractivity contribution in [2.75, 3.05) is 33.4 Å². The predicted molar refractivity (Wildman–Crippen MR) is 89.0 cm³/mol. The molecule has 0 atom stereocenters. The molecule has 23 heavy (non-hydrogen) atoms. The first kappa shape index (κ1) is 17.5. The van der Waals surface area contributed by atoms with E-state index in [0.717, 1.165) is 32.4 Å². The van der Waals surface area contributed by atoms with E-state index in [1.54, 1.807) is 7.11 Å². The Hall–Kier alpha value is -1.88. The lowest BCUT2D eigenvalue weighted by Crippen LogP contribution is -2.41. The highest BCUT2D eigenvalue weighted by Crippen LogP contribution is 2.22. The highest BCUT2D eigenvalue weighted by molar-refractivity contribution is 5.96. The number of hydrogen-bond donors (Lipinski definition) is 1. The third-order valence-electron chi connectivity index (χ3n) is 4.27. The van der Waals surface area contributed by atoms with Gasteiger partial charge < -0.3 is 15.0 Å². The van der Waals surface area contributed by atoms with E-state index in [-0.39, 0.29) is 18.2 Å². The highest BCUT2D eigenvalue weighted by atomic mass is 16.5. The van der Waals surface area contributed by atoms with Gasteiger partial charge in [-0.1, -0.05) is 30.3 Å². The predicted octanol–water partition coefficient (Wildman–Crippen LogP) is 1.62. The quantitative estimate of drug-likeness (QED) is 0.614. The van der Waals surface area contributed by atoms with Crippen LogP contribution in [0.15, 0.2) is 30.3 Å². The Morgan fingerprint density at radius 1 is 1.22 bits per heavy atom. The Labute approximate surface area is 138 Å². The summed E-state index contributed by atoms with van der Waals surface area (Å²) in [5.74, 6) is 0.327. The first-order valence-corrected chi connectivity index (χ1v) is 8.26. The zero-order valence-corrected chi connectivity index (χ0v) is 13.8. The Morgan fingerprint density at radius 3 is 2.57 bits per heavy atom. The number of nitrogens with one attached hydrogen (secondary N) is 1. The summed E-state index contributed by atoms with van der Waals surface area (Å²) in [6, 6.07) is 10.5. The topological polar surface area (TPSA) is 58.6 Å². The van der Waals surface area contributed by atoms with Crippen molar-refractivity contribution in [3.8, 4) is 0 Å². The van der Waals surface area contributed by atoms with Crippen LogP contribution in [-0.2, 0) is 20.7 Å². The van der Waals surface area contributed by atoms with Crippen molar-refractivity contribution < 1.29 is 14.3 Å². The minimum Gasteiger partial charge on any atom is -0.383 e. The molecule has 0 saturated carbocycles. The number of nitrogens with zero attached hydrogens (tertiary/aromatic N) is 1. The van der Waals surface area contributed by atoms with Crippen LogP contribution in [0.1, 0.15) is 24.8 Å². The van der Waals surface area contributed by atoms with Crippen LogP contribution in [-0.4, -0.2) is 50.1 Å². The summed E-state index contributed by atoms with van der Waals surface area (Å²) in [6.45, 7) is 2.41. The fraction of sp³-hybridized carbons (Fsp3) is 0.556. The number of methoxy groups -OCH3 is 1. The lowest BCUT2D eigenvalue weighted by Gasteiger charge is -2.32. The normalized spacial score (nSPS) is 15.4. The molecule has 1 aromatic rings. The molecule has 5 heteroatoms. The van der Waals surface area contributed by atoms with E-state index in [2.05, 4.69) is 29.6 Å². The first-order valence-electron chi connectivity index (χ1n) is 8.26. The van der Waals surface area contributed by atoms with E-state index < -0.39 is 0 Å². The molecule has 1 fully saturated rings. The van der Waals surface area contributed by atoms with Crippen LogP contribution < -0.4 is 5.32 Å². The summed E-state index contributed by atoms with van der Waals surface area (Å²) in [6.07, 6.45) is 3.02. The molecule has 0 spiro atoms. The second kappa shape index (κ2) is 9.30. The maximum Gasteiger partial charge on any atom is 0.232 e. The molecule has 126 valence electrons. The van der Waals surface area contributed by atoms with Gasteiger partial charge >= 0.3 is 0 Å². The fourth-order valence-electron chi connectivity index (χ4n) is 2.94. The van der Waals surface area contributed by atoms with Crippen LogP contribution in [0.25, 0.3) is 0 Å². The zero-order chi connectivity index (χ0) is 16.5. The van der Waals surface area contributed by atoms with Gasteiger partial charge in [-0.3, -0.25) is 9.59 Å². The van der Waals surface area contributed by atoms with Gasteiger partial charge in [0.05, 0.1) is 6.61 Å². The van der Waals surface area contributed by atoms with Gasteiger partial charge in [-0.15, -0.1) is 0 Å². The van der Waals surface area contributed by atoms with E-state index in [9.17, 15) is 9.59 Å². The summed E-state index contributed by atoms with van der Waals surface area (Å²) in [7, 11) is 1.58. The lowest BCUT2D eigenvalue weighted by molar-refractivity contribution is -0.137. The van der Waals surface area contributed by atoms with Crippen LogP contribution in [0, 0.1) is 5.92 Å². The summed E-state index contributed by atoms with van der Waals surface area (Å²) in [4.78, 5) is 25.6. The van der Waals surface area contributed by atoms with Gasteiger partial charge in [-0.25, -0.2) is 0 Å². The van der Waals surface area contributed by atoms with Crippen molar-refractivity contribution in [2.24, 2.45) is 5.92 Å². The molecule has 0 aromatic heterocycles. The third kappa shape index (κ3) is 6.02. The van der Waals surface area contributed by atoms with Gasteiger partial charge in [0.2, 0.25) is 11.8 Å². The standard InChI is InChI=1S/C18H26N2O3/c1-23-12-9-19-17(21)14-18(22)20-10-7-16(8-11-20)13-15-5-3-2-4-6-15/h2-6,16H,7-14H2,1H3,(H,19,21). The number of benzene rings is 1. The molecule has 5 nitrogen and oxygen atoms in total. The molecule has 0 aliphatic carbocycles. The Bertz CT molecular complexity index is 496. The Morgan fingerprint density at radius 2 is 1.91 bits per heavy atom. The van der Waals surface area contributed by atoms with Gasteiger partial charge in [0.1, 0.15) is 6.42 Å². The second-order valence-corrected chi connectivity index (χ2v) is 6.03. The third-order valence-corrected chi connectivity index (χ3v) is 4.27. The monoisotopic (exact) mass is 318 g/mol. The minimum absolute atomic E-state index is 0.0624. The number of rotatable bonds is 7. The summed E-state index contributed by atoms with van der Waals surface area (Å²) in [5, 5.41) is 2.68. The van der Waals surface area contributed by atoms with Crippen LogP contribution in [0.2, 0.25) is 0 Å². The maximum atomic E-state index is 12.1. The summed E-state index contributed by atoms with van der Waals surface area (Å²) in [5.41, 5.74) is 1.36. The number of piperidine rings is 1. The van der Waals surface area contributed by atoms with Gasteiger partial charge in [0.15, 0.2) is 0 Å². The smallest absolute Gasteiger partial charge is 0.232 e. The lowest BCUT2D eigenvalue weighted by atomic mass is 9.90. The summed E-state index contributed by atoms with van der Waals surface area (Å²) >= 11 is 0. The molecule has 2 amide bonds. The summed E-state index contributed by atoms with van der Waals surface area (Å²) < 4.78 is 4.86. The molecule has 1 heterocycles. The SMILES string of the molecule is COCCNC(=O)CC(=O)N1CCC(Cc2ccccc2)CC1. The van der Waals surface area contributed by atoms with Gasteiger partial charge in [-0.2, -0.15) is 0 Å². The van der Waals surface area contributed by atoms with Crippen LogP contribution >= 0.6 is 0 Å². The zero-order valence-electron chi connectivity index (χ0n) is 13.8. The molecule has 0 bridgehead atoms. The van der Waals surface area contributed by atoms with Crippen molar-refractivity contribution in [1.82, 2.24) is 10.2 Å². The Balaban J connectivity index is 1.69. The first-order chi connectivity index (χ1) is 11.2. The van der Waals surface area contributed by atoms with Crippen LogP contribution in [0.5, 0.6) is 0 Å². The van der Waals surface area contributed by atoms with Crippen molar-refractivity contribution in [3.63, 3.8) is 0 Å². The molecule has 1 saturated heterocycles. The average molecular weight is 318 g/mol. The van der Waals surface area contributed by atoms with E-state index >= 15 is 0 Å². The number of hydrogen-bond acceptors (Lipinski definition) is 3. The Kier molecular flexibility index (Phi) is 7.07. The fourth-order valence-corrected chi connectivity index (χ4v) is 2.94. The van der Waals surface area contributed by atoms with E-state index in [0.29, 0.717) is 19.1 Å². The second-order valence-electron chi connectivity index (χ2n) is 6.03. The molecule has 1 aromatic carbocycles. The molecule has 2 rings (SSSR count). The largest absolute Gasteiger partial charge is 0.383 e. The van der Waals surface area contributed by atoms with Crippen molar-refractivity contribution in [2.45, 2.75) is 25.7 Å². The van der Waals surface area contributed by atoms with E-state index in [4.69, 9.17) is 4.74 Å².